The van der Waals surface area contributed by atoms with Gasteiger partial charge in [-0.15, -0.1) is 0 Å². The van der Waals surface area contributed by atoms with E-state index >= 15 is 0 Å². The molecule has 2 aromatic rings. The van der Waals surface area contributed by atoms with Crippen molar-refractivity contribution in [2.24, 2.45) is 0 Å². The second kappa shape index (κ2) is 6.25. The summed E-state index contributed by atoms with van der Waals surface area (Å²) in [6, 6.07) is 11.8. The molecule has 0 aliphatic carbocycles. The molecule has 0 aromatic heterocycles. The van der Waals surface area contributed by atoms with E-state index in [1.807, 2.05) is 13.0 Å². The number of nitrogens with one attached hydrogen (secondary N) is 1. The SMILES string of the molecule is CC(Nc1ccc(Cl)c(C#N)c1)c1ccc(Br)cc1F. The molecule has 20 heavy (non-hydrogen) atoms. The first-order valence-corrected chi connectivity index (χ1v) is 7.09. The fourth-order valence-corrected chi connectivity index (χ4v) is 2.37. The third kappa shape index (κ3) is 3.30. The highest BCUT2D eigenvalue weighted by Gasteiger charge is 2.12. The Hall–Kier alpha value is -1.57. The zero-order chi connectivity index (χ0) is 14.7. The van der Waals surface area contributed by atoms with E-state index in [4.69, 9.17) is 16.9 Å². The van der Waals surface area contributed by atoms with Crippen LogP contribution >= 0.6 is 27.5 Å². The summed E-state index contributed by atoms with van der Waals surface area (Å²) in [6.45, 7) is 1.85. The highest BCUT2D eigenvalue weighted by atomic mass is 79.9. The number of rotatable bonds is 3. The Morgan fingerprint density at radius 3 is 2.70 bits per heavy atom. The summed E-state index contributed by atoms with van der Waals surface area (Å²) < 4.78 is 14.6. The largest absolute Gasteiger partial charge is 0.378 e. The van der Waals surface area contributed by atoms with Crippen LogP contribution in [-0.4, -0.2) is 0 Å². The molecule has 0 saturated heterocycles. The van der Waals surface area contributed by atoms with Crippen LogP contribution in [0.25, 0.3) is 0 Å². The lowest BCUT2D eigenvalue weighted by molar-refractivity contribution is 0.599. The summed E-state index contributed by atoms with van der Waals surface area (Å²) in [5, 5.41) is 12.5. The van der Waals surface area contributed by atoms with Gasteiger partial charge in [0.15, 0.2) is 0 Å². The van der Waals surface area contributed by atoms with Gasteiger partial charge in [0.1, 0.15) is 11.9 Å². The van der Waals surface area contributed by atoms with Crippen LogP contribution in [0.15, 0.2) is 40.9 Å². The zero-order valence-electron chi connectivity index (χ0n) is 10.6. The maximum absolute atomic E-state index is 13.9. The predicted molar refractivity (Wildman–Crippen MR) is 82.3 cm³/mol. The molecule has 0 bridgehead atoms. The van der Waals surface area contributed by atoms with Crippen LogP contribution < -0.4 is 5.32 Å². The van der Waals surface area contributed by atoms with Crippen LogP contribution in [-0.2, 0) is 0 Å². The molecule has 2 nitrogen and oxygen atoms in total. The van der Waals surface area contributed by atoms with Gasteiger partial charge in [-0.25, -0.2) is 4.39 Å². The molecule has 0 radical (unpaired) electrons. The van der Waals surface area contributed by atoms with Gasteiger partial charge in [0, 0.05) is 15.7 Å². The summed E-state index contributed by atoms with van der Waals surface area (Å²) in [7, 11) is 0. The van der Waals surface area contributed by atoms with Gasteiger partial charge in [-0.3, -0.25) is 0 Å². The van der Waals surface area contributed by atoms with E-state index in [0.717, 1.165) is 5.69 Å². The van der Waals surface area contributed by atoms with Crippen molar-refractivity contribution in [1.82, 2.24) is 0 Å². The first-order chi connectivity index (χ1) is 9.51. The van der Waals surface area contributed by atoms with Crippen LogP contribution in [0.5, 0.6) is 0 Å². The lowest BCUT2D eigenvalue weighted by Gasteiger charge is -2.17. The highest BCUT2D eigenvalue weighted by molar-refractivity contribution is 9.10. The van der Waals surface area contributed by atoms with Gasteiger partial charge in [0.25, 0.3) is 0 Å². The maximum Gasteiger partial charge on any atom is 0.129 e. The number of halogens is 3. The summed E-state index contributed by atoms with van der Waals surface area (Å²) in [6.07, 6.45) is 0. The van der Waals surface area contributed by atoms with Gasteiger partial charge >= 0.3 is 0 Å². The molecule has 102 valence electrons. The van der Waals surface area contributed by atoms with Gasteiger partial charge in [0.2, 0.25) is 0 Å². The molecular weight excluding hydrogens is 343 g/mol. The van der Waals surface area contributed by atoms with Crippen molar-refractivity contribution < 1.29 is 4.39 Å². The molecule has 0 saturated carbocycles. The van der Waals surface area contributed by atoms with Crippen molar-refractivity contribution in [3.05, 3.63) is 62.8 Å². The van der Waals surface area contributed by atoms with Gasteiger partial charge in [-0.2, -0.15) is 5.26 Å². The second-order valence-electron chi connectivity index (χ2n) is 4.34. The number of hydrogen-bond donors (Lipinski definition) is 1. The monoisotopic (exact) mass is 352 g/mol. The fraction of sp³-hybridized carbons (Fsp3) is 0.133. The molecule has 0 amide bonds. The van der Waals surface area contributed by atoms with Crippen molar-refractivity contribution in [2.45, 2.75) is 13.0 Å². The third-order valence-corrected chi connectivity index (χ3v) is 3.72. The number of nitrogens with zero attached hydrogens (tertiary/aromatic N) is 1. The average Bonchev–Trinajstić information content (AvgIpc) is 2.40. The number of anilines is 1. The van der Waals surface area contributed by atoms with E-state index in [0.29, 0.717) is 20.6 Å². The molecule has 5 heteroatoms. The molecule has 1 unspecified atom stereocenters. The normalized spacial score (nSPS) is 11.8. The van der Waals surface area contributed by atoms with Crippen molar-refractivity contribution >= 4 is 33.2 Å². The molecule has 1 atom stereocenters. The Morgan fingerprint density at radius 2 is 2.05 bits per heavy atom. The van der Waals surface area contributed by atoms with E-state index in [-0.39, 0.29) is 11.9 Å². The summed E-state index contributed by atoms with van der Waals surface area (Å²) in [4.78, 5) is 0. The first-order valence-electron chi connectivity index (χ1n) is 5.92. The summed E-state index contributed by atoms with van der Waals surface area (Å²) in [5.41, 5.74) is 1.67. The second-order valence-corrected chi connectivity index (χ2v) is 5.66. The smallest absolute Gasteiger partial charge is 0.129 e. The predicted octanol–water partition coefficient (Wildman–Crippen LogP) is 5.29. The Bertz CT molecular complexity index is 682. The Kier molecular flexibility index (Phi) is 4.64. The van der Waals surface area contributed by atoms with Crippen LogP contribution in [0, 0.1) is 17.1 Å². The van der Waals surface area contributed by atoms with Crippen LogP contribution in [0.2, 0.25) is 5.02 Å². The van der Waals surface area contributed by atoms with E-state index < -0.39 is 0 Å². The Morgan fingerprint density at radius 1 is 1.30 bits per heavy atom. The molecule has 0 fully saturated rings. The molecule has 0 spiro atoms. The molecule has 2 aromatic carbocycles. The van der Waals surface area contributed by atoms with Crippen molar-refractivity contribution in [3.63, 3.8) is 0 Å². The lowest BCUT2D eigenvalue weighted by atomic mass is 10.1. The number of nitriles is 1. The molecule has 0 aliphatic rings. The van der Waals surface area contributed by atoms with Crippen LogP contribution in [0.3, 0.4) is 0 Å². The van der Waals surface area contributed by atoms with Gasteiger partial charge < -0.3 is 5.32 Å². The van der Waals surface area contributed by atoms with Crippen molar-refractivity contribution in [3.8, 4) is 6.07 Å². The Labute approximate surface area is 130 Å². The summed E-state index contributed by atoms with van der Waals surface area (Å²) >= 11 is 9.11. The minimum absolute atomic E-state index is 0.226. The lowest BCUT2D eigenvalue weighted by Crippen LogP contribution is -2.08. The van der Waals surface area contributed by atoms with Crippen LogP contribution in [0.4, 0.5) is 10.1 Å². The Balaban J connectivity index is 2.23. The third-order valence-electron chi connectivity index (χ3n) is 2.90. The zero-order valence-corrected chi connectivity index (χ0v) is 13.0. The highest BCUT2D eigenvalue weighted by Crippen LogP contribution is 2.26. The fourth-order valence-electron chi connectivity index (χ4n) is 1.88. The van der Waals surface area contributed by atoms with Gasteiger partial charge in [0.05, 0.1) is 16.6 Å². The summed E-state index contributed by atoms with van der Waals surface area (Å²) in [5.74, 6) is -0.283. The van der Waals surface area contributed by atoms with E-state index in [2.05, 4.69) is 21.2 Å². The van der Waals surface area contributed by atoms with E-state index in [9.17, 15) is 4.39 Å². The molecule has 0 heterocycles. The van der Waals surface area contributed by atoms with Gasteiger partial charge in [-0.05, 0) is 37.3 Å². The van der Waals surface area contributed by atoms with Crippen molar-refractivity contribution in [1.29, 1.82) is 5.26 Å². The van der Waals surface area contributed by atoms with E-state index in [1.54, 1.807) is 30.3 Å². The maximum atomic E-state index is 13.9. The van der Waals surface area contributed by atoms with Crippen molar-refractivity contribution in [2.75, 3.05) is 5.32 Å². The minimum atomic E-state index is -0.283. The molecule has 0 aliphatic heterocycles. The quantitative estimate of drug-likeness (QED) is 0.814. The average molecular weight is 354 g/mol. The van der Waals surface area contributed by atoms with Crippen LogP contribution in [0.1, 0.15) is 24.1 Å². The number of hydrogen-bond acceptors (Lipinski definition) is 2. The molecular formula is C15H11BrClFN2. The standard InChI is InChI=1S/C15H11BrClFN2/c1-9(13-4-2-11(16)7-15(13)18)20-12-3-5-14(17)10(6-12)8-19/h2-7,9,20H,1H3. The minimum Gasteiger partial charge on any atom is -0.378 e. The first kappa shape index (κ1) is 14.8. The van der Waals surface area contributed by atoms with E-state index in [1.165, 1.54) is 6.07 Å². The van der Waals surface area contributed by atoms with Gasteiger partial charge in [-0.1, -0.05) is 33.6 Å². The molecule has 1 N–H and O–H groups in total. The molecule has 2 rings (SSSR count). The topological polar surface area (TPSA) is 35.8 Å². The number of benzene rings is 2.